The van der Waals surface area contributed by atoms with Crippen LogP contribution in [0.2, 0.25) is 0 Å². The van der Waals surface area contributed by atoms with E-state index in [-0.39, 0.29) is 0 Å². The van der Waals surface area contributed by atoms with Gasteiger partial charge in [0.05, 0.1) is 0 Å². The number of hydrogen-bond donors (Lipinski definition) is 4. The molecule has 0 aromatic carbocycles. The number of unbranched alkanes of at least 4 members (excludes halogenated alkanes) is 22. The van der Waals surface area contributed by atoms with Crippen LogP contribution in [-0.4, -0.2) is 26.4 Å². The molecule has 0 fully saturated rings. The van der Waals surface area contributed by atoms with E-state index in [1.165, 1.54) is 154 Å². The number of nitrogens with two attached hydrogens (primary N) is 2. The van der Waals surface area contributed by atoms with Crippen molar-refractivity contribution in [1.29, 1.82) is 0 Å². The fourth-order valence-corrected chi connectivity index (χ4v) is 3.97. The van der Waals surface area contributed by atoms with Crippen LogP contribution in [0.4, 0.5) is 0 Å². The van der Waals surface area contributed by atoms with E-state index in [9.17, 15) is 0 Å². The molecule has 6 heteroatoms. The number of hydrogen-bond acceptors (Lipinski definition) is 3. The molecule has 0 bridgehead atoms. The van der Waals surface area contributed by atoms with Crippen molar-refractivity contribution in [2.75, 3.05) is 13.1 Å². The molecule has 0 heterocycles. The van der Waals surface area contributed by atoms with Crippen LogP contribution in [0.25, 0.3) is 0 Å². The summed E-state index contributed by atoms with van der Waals surface area (Å²) in [7, 11) is 0. The highest BCUT2D eigenvalue weighted by atomic mass is 32.2. The third kappa shape index (κ3) is 53.4. The highest BCUT2D eigenvalue weighted by molar-refractivity contribution is 7.73. The van der Waals surface area contributed by atoms with Crippen molar-refractivity contribution in [2.24, 2.45) is 11.5 Å². The van der Waals surface area contributed by atoms with E-state index < -0.39 is 11.4 Å². The molecule has 0 aromatic rings. The Bertz CT molecular complexity index is 294. The summed E-state index contributed by atoms with van der Waals surface area (Å²) in [5.74, 6) is 0. The zero-order valence-corrected chi connectivity index (χ0v) is 24.1. The highest BCUT2D eigenvalue weighted by Gasteiger charge is 1.93. The molecule has 0 saturated carbocycles. The largest absolute Gasteiger partial charge is 0.330 e. The molecule has 210 valence electrons. The molecule has 34 heavy (non-hydrogen) atoms. The summed E-state index contributed by atoms with van der Waals surface area (Å²) < 4.78 is 22.8. The second kappa shape index (κ2) is 40.2. The van der Waals surface area contributed by atoms with Crippen LogP contribution >= 0.6 is 0 Å². The first kappa shape index (κ1) is 38.5. The van der Waals surface area contributed by atoms with Gasteiger partial charge in [0.2, 0.25) is 0 Å². The second-order valence-corrected chi connectivity index (χ2v) is 10.0. The summed E-state index contributed by atoms with van der Waals surface area (Å²) in [6.07, 6.45) is 33.8. The molecule has 0 aliphatic carbocycles. The van der Waals surface area contributed by atoms with Gasteiger partial charge in [-0.3, -0.25) is 9.11 Å². The Morgan fingerprint density at radius 1 is 0.412 bits per heavy atom. The first-order valence-electron chi connectivity index (χ1n) is 14.8. The van der Waals surface area contributed by atoms with Gasteiger partial charge in [-0.05, 0) is 25.9 Å². The fourth-order valence-electron chi connectivity index (χ4n) is 3.97. The summed E-state index contributed by atoms with van der Waals surface area (Å²) in [5, 5.41) is 0. The molecule has 0 aromatic heterocycles. The van der Waals surface area contributed by atoms with Crippen LogP contribution < -0.4 is 11.5 Å². The smallest absolute Gasteiger partial charge is 0.299 e. The lowest BCUT2D eigenvalue weighted by molar-refractivity contribution is 0.454. The van der Waals surface area contributed by atoms with Crippen molar-refractivity contribution in [3.63, 3.8) is 0 Å². The Balaban J connectivity index is -0.000000488. The summed E-state index contributed by atoms with van der Waals surface area (Å²) in [4.78, 5) is 0. The Labute approximate surface area is 217 Å². The topological polar surface area (TPSA) is 110 Å². The maximum atomic E-state index is 8.67. The monoisotopic (exact) mass is 508 g/mol. The van der Waals surface area contributed by atoms with Gasteiger partial charge in [-0.2, -0.15) is 4.21 Å². The van der Waals surface area contributed by atoms with Crippen LogP contribution in [0.1, 0.15) is 168 Å². The van der Waals surface area contributed by atoms with E-state index in [2.05, 4.69) is 13.8 Å². The Morgan fingerprint density at radius 2 is 0.559 bits per heavy atom. The van der Waals surface area contributed by atoms with E-state index in [0.29, 0.717) is 0 Å². The first-order valence-corrected chi connectivity index (χ1v) is 15.8. The SMILES string of the molecule is CCCCCCCCCCCCCCN.CCCCCCCCCCCCCCN.O=S(O)O. The molecule has 0 atom stereocenters. The van der Waals surface area contributed by atoms with Crippen molar-refractivity contribution in [3.8, 4) is 0 Å². The average molecular weight is 509 g/mol. The van der Waals surface area contributed by atoms with Crippen LogP contribution in [0, 0.1) is 0 Å². The quantitative estimate of drug-likeness (QED) is 0.0768. The van der Waals surface area contributed by atoms with Crippen molar-refractivity contribution < 1.29 is 13.3 Å². The predicted octanol–water partition coefficient (Wildman–Crippen LogP) is 8.97. The second-order valence-electron chi connectivity index (χ2n) is 9.59. The third-order valence-corrected chi connectivity index (χ3v) is 6.12. The molecule has 0 spiro atoms. The fraction of sp³-hybridized carbons (Fsp3) is 1.00. The van der Waals surface area contributed by atoms with Gasteiger partial charge in [0, 0.05) is 0 Å². The normalized spacial score (nSPS) is 10.6. The molecule has 0 amide bonds. The Hall–Kier alpha value is -0.0100. The van der Waals surface area contributed by atoms with Gasteiger partial charge in [0.15, 0.2) is 0 Å². The molecule has 0 aliphatic heterocycles. The lowest BCUT2D eigenvalue weighted by atomic mass is 10.1. The molecule has 5 nitrogen and oxygen atoms in total. The van der Waals surface area contributed by atoms with Gasteiger partial charge in [-0.25, -0.2) is 0 Å². The molecular formula is C28H64N2O3S. The third-order valence-electron chi connectivity index (χ3n) is 6.12. The zero-order valence-electron chi connectivity index (χ0n) is 23.3. The van der Waals surface area contributed by atoms with E-state index >= 15 is 0 Å². The van der Waals surface area contributed by atoms with Gasteiger partial charge >= 0.3 is 0 Å². The van der Waals surface area contributed by atoms with Crippen LogP contribution in [0.3, 0.4) is 0 Å². The van der Waals surface area contributed by atoms with Crippen LogP contribution in [0.5, 0.6) is 0 Å². The van der Waals surface area contributed by atoms with Crippen molar-refractivity contribution in [1.82, 2.24) is 0 Å². The van der Waals surface area contributed by atoms with E-state index in [1.54, 1.807) is 0 Å². The van der Waals surface area contributed by atoms with E-state index in [0.717, 1.165) is 13.1 Å². The van der Waals surface area contributed by atoms with Crippen molar-refractivity contribution >= 4 is 11.4 Å². The molecule has 0 rings (SSSR count). The minimum absolute atomic E-state index is 0.872. The van der Waals surface area contributed by atoms with Gasteiger partial charge in [-0.1, -0.05) is 155 Å². The highest BCUT2D eigenvalue weighted by Crippen LogP contribution is 2.12. The summed E-state index contributed by atoms with van der Waals surface area (Å²) in [5.41, 5.74) is 10.9. The first-order chi connectivity index (χ1) is 16.6. The summed E-state index contributed by atoms with van der Waals surface area (Å²) >= 11 is -2.61. The van der Waals surface area contributed by atoms with Gasteiger partial charge in [0.1, 0.15) is 0 Å². The zero-order chi connectivity index (χ0) is 26.0. The Kier molecular flexibility index (Phi) is 45.5. The molecular weight excluding hydrogens is 444 g/mol. The Morgan fingerprint density at radius 3 is 0.706 bits per heavy atom. The predicted molar refractivity (Wildman–Crippen MR) is 154 cm³/mol. The van der Waals surface area contributed by atoms with Crippen molar-refractivity contribution in [2.45, 2.75) is 168 Å². The summed E-state index contributed by atoms with van der Waals surface area (Å²) in [6, 6.07) is 0. The van der Waals surface area contributed by atoms with E-state index in [1.807, 2.05) is 0 Å². The average Bonchev–Trinajstić information content (AvgIpc) is 2.81. The molecule has 6 N–H and O–H groups in total. The minimum atomic E-state index is -2.61. The minimum Gasteiger partial charge on any atom is -0.330 e. The molecule has 0 aliphatic rings. The van der Waals surface area contributed by atoms with Crippen LogP contribution in [-0.2, 0) is 11.4 Å². The van der Waals surface area contributed by atoms with Crippen molar-refractivity contribution in [3.05, 3.63) is 0 Å². The van der Waals surface area contributed by atoms with Crippen LogP contribution in [0.15, 0.2) is 0 Å². The molecule has 0 saturated heterocycles. The lowest BCUT2D eigenvalue weighted by Crippen LogP contribution is -1.97. The van der Waals surface area contributed by atoms with Gasteiger partial charge in [0.25, 0.3) is 11.4 Å². The maximum absolute atomic E-state index is 8.67. The molecule has 0 unspecified atom stereocenters. The maximum Gasteiger partial charge on any atom is 0.299 e. The number of rotatable bonds is 24. The standard InChI is InChI=1S/2C14H31N.H2O3S/c2*1-2-3-4-5-6-7-8-9-10-11-12-13-14-15;1-4(2)3/h2*2-15H2,1H3;(H2,1,2,3). The summed E-state index contributed by atoms with van der Waals surface area (Å²) in [6.45, 7) is 6.30. The van der Waals surface area contributed by atoms with Gasteiger partial charge in [-0.15, -0.1) is 0 Å². The lowest BCUT2D eigenvalue weighted by Gasteiger charge is -2.01. The van der Waals surface area contributed by atoms with Gasteiger partial charge < -0.3 is 11.5 Å². The van der Waals surface area contributed by atoms with E-state index in [4.69, 9.17) is 24.8 Å². The molecule has 0 radical (unpaired) electrons.